The third kappa shape index (κ3) is 3.94. The molecule has 4 aromatic heterocycles. The Balaban J connectivity index is 1.71. The molecule has 0 saturated heterocycles. The zero-order chi connectivity index (χ0) is 25.2. The number of hydrogen-bond donors (Lipinski definition) is 2. The summed E-state index contributed by atoms with van der Waals surface area (Å²) in [6.07, 6.45) is 5.92. The first-order valence-electron chi connectivity index (χ1n) is 10.7. The second-order valence-corrected chi connectivity index (χ2v) is 7.76. The highest BCUT2D eigenvalue weighted by Crippen LogP contribution is 2.30. The Morgan fingerprint density at radius 3 is 2.69 bits per heavy atom. The molecule has 1 unspecified atom stereocenters. The van der Waals surface area contributed by atoms with Gasteiger partial charge in [0.2, 0.25) is 5.95 Å². The Kier molecular flexibility index (Phi) is 5.71. The van der Waals surface area contributed by atoms with E-state index in [4.69, 9.17) is 15.0 Å². The average molecular weight is 481 g/mol. The number of fused-ring (bicyclic) bond motifs is 1. The average Bonchev–Trinajstić information content (AvgIpc) is 3.43. The number of pyridine rings is 1. The van der Waals surface area contributed by atoms with Crippen LogP contribution in [0.3, 0.4) is 0 Å². The molecule has 0 aliphatic rings. The standard InChI is InChI=1S/C24H19N9O3/c1-13(30-21-15(9-25)10-27-23(26)31-21)18-8-14-4-3-5-17(16-11-28-24(35-2)29-12-16)20(14)22(34)33(18)19-6-7-36-32-19/h3-8,10-13H,1-2H3,(H3,26,27,30,31). The van der Waals surface area contributed by atoms with Crippen molar-refractivity contribution in [2.24, 2.45) is 0 Å². The summed E-state index contributed by atoms with van der Waals surface area (Å²) >= 11 is 0. The highest BCUT2D eigenvalue weighted by Gasteiger charge is 2.21. The van der Waals surface area contributed by atoms with Gasteiger partial charge in [0, 0.05) is 24.0 Å². The van der Waals surface area contributed by atoms with Crippen molar-refractivity contribution >= 4 is 22.5 Å². The lowest BCUT2D eigenvalue weighted by Gasteiger charge is -2.21. The summed E-state index contributed by atoms with van der Waals surface area (Å²) in [5.41, 5.74) is 7.49. The highest BCUT2D eigenvalue weighted by atomic mass is 16.5. The van der Waals surface area contributed by atoms with Crippen molar-refractivity contribution in [1.29, 1.82) is 5.26 Å². The maximum Gasteiger partial charge on any atom is 0.316 e. The maximum absolute atomic E-state index is 14.0. The number of nitrogen functional groups attached to an aromatic ring is 1. The quantitative estimate of drug-likeness (QED) is 0.365. The third-order valence-electron chi connectivity index (χ3n) is 5.57. The van der Waals surface area contributed by atoms with E-state index in [2.05, 4.69) is 30.4 Å². The van der Waals surface area contributed by atoms with Gasteiger partial charge in [-0.15, -0.1) is 0 Å². The van der Waals surface area contributed by atoms with Gasteiger partial charge in [-0.25, -0.2) is 15.0 Å². The van der Waals surface area contributed by atoms with Crippen molar-refractivity contribution in [1.82, 2.24) is 29.7 Å². The van der Waals surface area contributed by atoms with Gasteiger partial charge in [-0.1, -0.05) is 23.4 Å². The summed E-state index contributed by atoms with van der Waals surface area (Å²) in [6, 6.07) is 10.7. The first kappa shape index (κ1) is 22.5. The molecule has 0 radical (unpaired) electrons. The minimum atomic E-state index is -0.492. The summed E-state index contributed by atoms with van der Waals surface area (Å²) in [4.78, 5) is 30.3. The number of hydrogen-bond acceptors (Lipinski definition) is 11. The van der Waals surface area contributed by atoms with E-state index >= 15 is 0 Å². The topological polar surface area (TPSA) is 171 Å². The molecule has 0 aliphatic carbocycles. The van der Waals surface area contributed by atoms with Crippen LogP contribution in [-0.2, 0) is 0 Å². The molecule has 1 atom stereocenters. The number of nitriles is 1. The number of benzene rings is 1. The smallest absolute Gasteiger partial charge is 0.316 e. The van der Waals surface area contributed by atoms with E-state index in [0.717, 1.165) is 0 Å². The van der Waals surface area contributed by atoms with Crippen molar-refractivity contribution in [3.8, 4) is 29.0 Å². The number of nitrogens with one attached hydrogen (secondary N) is 1. The molecular weight excluding hydrogens is 462 g/mol. The Morgan fingerprint density at radius 2 is 2.00 bits per heavy atom. The van der Waals surface area contributed by atoms with Gasteiger partial charge in [0.1, 0.15) is 23.7 Å². The molecule has 12 heteroatoms. The molecule has 3 N–H and O–H groups in total. The van der Waals surface area contributed by atoms with Gasteiger partial charge in [-0.2, -0.15) is 10.2 Å². The second-order valence-electron chi connectivity index (χ2n) is 7.76. The van der Waals surface area contributed by atoms with Gasteiger partial charge in [0.25, 0.3) is 5.56 Å². The summed E-state index contributed by atoms with van der Waals surface area (Å²) in [5, 5.41) is 17.8. The van der Waals surface area contributed by atoms with E-state index in [9.17, 15) is 10.1 Å². The highest BCUT2D eigenvalue weighted by molar-refractivity contribution is 5.96. The van der Waals surface area contributed by atoms with Crippen molar-refractivity contribution in [2.45, 2.75) is 13.0 Å². The summed E-state index contributed by atoms with van der Waals surface area (Å²) in [5.74, 6) is 0.567. The lowest BCUT2D eigenvalue weighted by Crippen LogP contribution is -2.26. The number of ether oxygens (including phenoxy) is 1. The molecule has 36 heavy (non-hydrogen) atoms. The normalized spacial score (nSPS) is 11.7. The number of nitrogens with two attached hydrogens (primary N) is 1. The molecule has 0 bridgehead atoms. The summed E-state index contributed by atoms with van der Waals surface area (Å²) < 4.78 is 11.5. The molecule has 1 aromatic carbocycles. The van der Waals surface area contributed by atoms with E-state index in [1.807, 2.05) is 37.3 Å². The van der Waals surface area contributed by atoms with Crippen LogP contribution in [0.25, 0.3) is 27.7 Å². The van der Waals surface area contributed by atoms with Gasteiger partial charge in [-0.3, -0.25) is 9.36 Å². The Labute approximate surface area is 204 Å². The van der Waals surface area contributed by atoms with Crippen LogP contribution in [0.2, 0.25) is 0 Å². The SMILES string of the molecule is COc1ncc(-c2cccc3cc(C(C)Nc4nc(N)ncc4C#N)n(-c4ccon4)c(=O)c23)cn1. The van der Waals surface area contributed by atoms with E-state index in [1.54, 1.807) is 18.5 Å². The van der Waals surface area contributed by atoms with Gasteiger partial charge in [-0.05, 0) is 23.9 Å². The number of anilines is 2. The van der Waals surface area contributed by atoms with Crippen molar-refractivity contribution in [3.63, 3.8) is 0 Å². The molecule has 0 saturated carbocycles. The molecule has 178 valence electrons. The van der Waals surface area contributed by atoms with Crippen LogP contribution in [0.5, 0.6) is 6.01 Å². The molecular formula is C24H19N9O3. The maximum atomic E-state index is 14.0. The molecule has 0 spiro atoms. The molecule has 5 rings (SSSR count). The third-order valence-corrected chi connectivity index (χ3v) is 5.57. The fourth-order valence-electron chi connectivity index (χ4n) is 3.93. The van der Waals surface area contributed by atoms with Crippen LogP contribution in [0.1, 0.15) is 24.2 Å². The van der Waals surface area contributed by atoms with Gasteiger partial charge in [0.15, 0.2) is 5.82 Å². The lowest BCUT2D eigenvalue weighted by atomic mass is 9.99. The first-order valence-corrected chi connectivity index (χ1v) is 10.7. The predicted molar refractivity (Wildman–Crippen MR) is 130 cm³/mol. The van der Waals surface area contributed by atoms with Crippen molar-refractivity contribution < 1.29 is 9.26 Å². The van der Waals surface area contributed by atoms with Gasteiger partial charge in [0.05, 0.1) is 30.4 Å². The molecule has 12 nitrogen and oxygen atoms in total. The summed E-state index contributed by atoms with van der Waals surface area (Å²) in [7, 11) is 1.48. The van der Waals surface area contributed by atoms with Crippen LogP contribution >= 0.6 is 0 Å². The van der Waals surface area contributed by atoms with Crippen LogP contribution < -0.4 is 21.3 Å². The number of rotatable bonds is 6. The van der Waals surface area contributed by atoms with E-state index in [0.29, 0.717) is 33.4 Å². The van der Waals surface area contributed by atoms with Gasteiger partial charge < -0.3 is 20.3 Å². The van der Waals surface area contributed by atoms with Gasteiger partial charge >= 0.3 is 6.01 Å². The fourth-order valence-corrected chi connectivity index (χ4v) is 3.93. The zero-order valence-electron chi connectivity index (χ0n) is 19.2. The van der Waals surface area contributed by atoms with Crippen LogP contribution in [0.4, 0.5) is 11.8 Å². The molecule has 0 aliphatic heterocycles. The van der Waals surface area contributed by atoms with E-state index < -0.39 is 6.04 Å². The van der Waals surface area contributed by atoms with Crippen LogP contribution in [-0.4, -0.2) is 36.8 Å². The predicted octanol–water partition coefficient (Wildman–Crippen LogP) is 2.86. The number of methoxy groups -OCH3 is 1. The fraction of sp³-hybridized carbons (Fsp3) is 0.125. The monoisotopic (exact) mass is 481 g/mol. The van der Waals surface area contributed by atoms with Crippen LogP contribution in [0.15, 0.2) is 64.5 Å². The molecule has 0 amide bonds. The Bertz CT molecular complexity index is 1660. The Hall–Kier alpha value is -5.31. The minimum Gasteiger partial charge on any atom is -0.467 e. The number of aromatic nitrogens is 6. The van der Waals surface area contributed by atoms with Crippen molar-refractivity contribution in [2.75, 3.05) is 18.2 Å². The largest absolute Gasteiger partial charge is 0.467 e. The number of nitrogens with zero attached hydrogens (tertiary/aromatic N) is 7. The molecule has 5 aromatic rings. The van der Waals surface area contributed by atoms with Crippen molar-refractivity contribution in [3.05, 3.63) is 76.8 Å². The molecule has 0 fully saturated rings. The molecule has 4 heterocycles. The van der Waals surface area contributed by atoms with Crippen LogP contribution in [0, 0.1) is 11.3 Å². The Morgan fingerprint density at radius 1 is 1.19 bits per heavy atom. The second kappa shape index (κ2) is 9.15. The lowest BCUT2D eigenvalue weighted by molar-refractivity contribution is 0.380. The zero-order valence-corrected chi connectivity index (χ0v) is 19.2. The minimum absolute atomic E-state index is 0.0162. The summed E-state index contributed by atoms with van der Waals surface area (Å²) in [6.45, 7) is 1.83. The first-order chi connectivity index (χ1) is 17.5. The van der Waals surface area contributed by atoms with E-state index in [-0.39, 0.29) is 28.9 Å². The van der Waals surface area contributed by atoms with E-state index in [1.165, 1.54) is 24.1 Å².